The summed E-state index contributed by atoms with van der Waals surface area (Å²) >= 11 is 0. The highest BCUT2D eigenvalue weighted by atomic mass is 35.5. The third-order valence-electron chi connectivity index (χ3n) is 3.34. The smallest absolute Gasteiger partial charge is 0.383 e. The highest BCUT2D eigenvalue weighted by molar-refractivity contribution is 6.17. The first-order valence-electron chi connectivity index (χ1n) is 6.60. The number of allylic oxidation sites excluding steroid dienone is 1. The summed E-state index contributed by atoms with van der Waals surface area (Å²) in [5, 5.41) is 4.77. The molecule has 1 aliphatic rings. The van der Waals surface area contributed by atoms with Crippen LogP contribution in [-0.4, -0.2) is 38.2 Å². The second kappa shape index (κ2) is 6.94. The van der Waals surface area contributed by atoms with Crippen LogP contribution < -0.4 is 5.73 Å². The zero-order valence-corrected chi connectivity index (χ0v) is 14.3. The van der Waals surface area contributed by atoms with Crippen LogP contribution in [0.3, 0.4) is 0 Å². The van der Waals surface area contributed by atoms with Crippen molar-refractivity contribution in [3.63, 3.8) is 0 Å². The molecule has 24 heavy (non-hydrogen) atoms. The van der Waals surface area contributed by atoms with E-state index in [0.29, 0.717) is 11.0 Å². The fourth-order valence-corrected chi connectivity index (χ4v) is 2.28. The molecule has 2 N–H and O–H groups in total. The molecule has 11 heteroatoms. The van der Waals surface area contributed by atoms with Gasteiger partial charge in [0.05, 0.1) is 23.2 Å². The Labute approximate surface area is 147 Å². The lowest BCUT2D eigenvalue weighted by atomic mass is 10.1. The summed E-state index contributed by atoms with van der Waals surface area (Å²) in [5.74, 6) is 0.170. The molecular formula is C13H15Cl2F3N6. The van der Waals surface area contributed by atoms with E-state index >= 15 is 0 Å². The first kappa shape index (κ1) is 20.2. The van der Waals surface area contributed by atoms with E-state index in [9.17, 15) is 13.2 Å². The van der Waals surface area contributed by atoms with E-state index in [1.54, 1.807) is 4.68 Å². The minimum atomic E-state index is -4.40. The molecule has 3 heterocycles. The highest BCUT2D eigenvalue weighted by Crippen LogP contribution is 2.31. The maximum absolute atomic E-state index is 12.8. The number of fused-ring (bicyclic) bond motifs is 1. The quantitative estimate of drug-likeness (QED) is 0.864. The number of alkyl halides is 3. The van der Waals surface area contributed by atoms with Gasteiger partial charge in [-0.1, -0.05) is 0 Å². The monoisotopic (exact) mass is 382 g/mol. The van der Waals surface area contributed by atoms with E-state index in [1.165, 1.54) is 6.33 Å². The van der Waals surface area contributed by atoms with Crippen molar-refractivity contribution in [1.29, 1.82) is 0 Å². The van der Waals surface area contributed by atoms with Crippen LogP contribution in [0.25, 0.3) is 11.0 Å². The standard InChI is InChI=1S/C13H13F3N6.2ClH/c1-6(2)22-12-9(11(17)19-5-20-12)10(21-22)8-3-7(4-18-8)13(14,15)16;;/h3,5-6H,4H2,1-2H3,(H2,17,19,20);2*1H. The van der Waals surface area contributed by atoms with Crippen molar-refractivity contribution in [2.75, 3.05) is 12.3 Å². The van der Waals surface area contributed by atoms with Crippen molar-refractivity contribution in [2.45, 2.75) is 26.1 Å². The maximum Gasteiger partial charge on any atom is 0.414 e. The Balaban J connectivity index is 0.00000144. The molecular weight excluding hydrogens is 368 g/mol. The van der Waals surface area contributed by atoms with Crippen LogP contribution in [0, 0.1) is 0 Å². The summed E-state index contributed by atoms with van der Waals surface area (Å²) < 4.78 is 39.9. The molecule has 2 aromatic rings. The molecule has 0 unspecified atom stereocenters. The van der Waals surface area contributed by atoms with E-state index in [-0.39, 0.29) is 48.1 Å². The second-order valence-electron chi connectivity index (χ2n) is 5.21. The number of aromatic nitrogens is 4. The predicted molar refractivity (Wildman–Crippen MR) is 90.2 cm³/mol. The zero-order valence-electron chi connectivity index (χ0n) is 12.7. The van der Waals surface area contributed by atoms with Gasteiger partial charge in [-0.3, -0.25) is 4.99 Å². The Morgan fingerprint density at radius 1 is 1.21 bits per heavy atom. The Bertz CT molecular complexity index is 810. The lowest BCUT2D eigenvalue weighted by molar-refractivity contribution is -0.0916. The molecule has 0 atom stereocenters. The van der Waals surface area contributed by atoms with Crippen LogP contribution in [0.15, 0.2) is 23.0 Å². The van der Waals surface area contributed by atoms with Gasteiger partial charge in [0, 0.05) is 6.04 Å². The van der Waals surface area contributed by atoms with Gasteiger partial charge in [-0.2, -0.15) is 18.3 Å². The summed E-state index contributed by atoms with van der Waals surface area (Å²) in [6.45, 7) is 3.37. The van der Waals surface area contributed by atoms with E-state index in [2.05, 4.69) is 20.1 Å². The van der Waals surface area contributed by atoms with Crippen molar-refractivity contribution in [3.05, 3.63) is 23.7 Å². The Morgan fingerprint density at radius 2 is 1.88 bits per heavy atom. The third kappa shape index (κ3) is 3.32. The number of rotatable bonds is 2. The van der Waals surface area contributed by atoms with Crippen LogP contribution >= 0.6 is 24.8 Å². The summed E-state index contributed by atoms with van der Waals surface area (Å²) in [5.41, 5.74) is 6.06. The number of anilines is 1. The molecule has 0 aliphatic carbocycles. The number of nitrogens with two attached hydrogens (primary N) is 1. The topological polar surface area (TPSA) is 82.0 Å². The third-order valence-corrected chi connectivity index (χ3v) is 3.34. The van der Waals surface area contributed by atoms with Crippen molar-refractivity contribution < 1.29 is 13.2 Å². The average Bonchev–Trinajstić information content (AvgIpc) is 3.02. The summed E-state index contributed by atoms with van der Waals surface area (Å²) in [6.07, 6.45) is -2.10. The van der Waals surface area contributed by atoms with Crippen molar-refractivity contribution in [1.82, 2.24) is 19.7 Å². The maximum atomic E-state index is 12.8. The van der Waals surface area contributed by atoms with Crippen LogP contribution in [0.4, 0.5) is 19.0 Å². The molecule has 3 rings (SSSR count). The van der Waals surface area contributed by atoms with E-state index < -0.39 is 18.3 Å². The molecule has 2 aromatic heterocycles. The molecule has 0 bridgehead atoms. The Hall–Kier alpha value is -1.87. The van der Waals surface area contributed by atoms with Crippen molar-refractivity contribution in [2.24, 2.45) is 4.99 Å². The Morgan fingerprint density at radius 3 is 2.42 bits per heavy atom. The fourth-order valence-electron chi connectivity index (χ4n) is 2.28. The molecule has 0 saturated heterocycles. The zero-order chi connectivity index (χ0) is 16.1. The number of hydrogen-bond acceptors (Lipinski definition) is 5. The summed E-state index contributed by atoms with van der Waals surface area (Å²) in [7, 11) is 0. The Kier molecular flexibility index (Phi) is 5.83. The normalized spacial score (nSPS) is 14.2. The molecule has 0 aromatic carbocycles. The van der Waals surface area contributed by atoms with E-state index in [0.717, 1.165) is 6.08 Å². The van der Waals surface area contributed by atoms with Crippen molar-refractivity contribution >= 4 is 47.4 Å². The second-order valence-corrected chi connectivity index (χ2v) is 5.21. The summed E-state index contributed by atoms with van der Waals surface area (Å²) in [6, 6.07) is -0.0291. The van der Waals surface area contributed by atoms with Crippen LogP contribution in [0.2, 0.25) is 0 Å². The van der Waals surface area contributed by atoms with Crippen LogP contribution in [0.1, 0.15) is 25.6 Å². The van der Waals surface area contributed by atoms with Gasteiger partial charge in [0.25, 0.3) is 0 Å². The lowest BCUT2D eigenvalue weighted by Gasteiger charge is -2.05. The average molecular weight is 383 g/mol. The molecule has 0 fully saturated rings. The number of hydrogen-bond donors (Lipinski definition) is 1. The van der Waals surface area contributed by atoms with Gasteiger partial charge >= 0.3 is 6.18 Å². The van der Waals surface area contributed by atoms with E-state index in [4.69, 9.17) is 5.73 Å². The molecule has 0 spiro atoms. The van der Waals surface area contributed by atoms with Crippen LogP contribution in [0.5, 0.6) is 0 Å². The van der Waals surface area contributed by atoms with Crippen molar-refractivity contribution in [3.8, 4) is 0 Å². The molecule has 132 valence electrons. The number of halogens is 5. The number of aliphatic imine (C=N–C) groups is 1. The van der Waals surface area contributed by atoms with Gasteiger partial charge in [0.1, 0.15) is 17.8 Å². The van der Waals surface area contributed by atoms with Gasteiger partial charge in [-0.25, -0.2) is 14.6 Å². The SMILES string of the molecule is CC(C)n1nc(C2=NCC(C(F)(F)F)=C2)c2c(N)ncnc21.Cl.Cl. The van der Waals surface area contributed by atoms with Gasteiger partial charge < -0.3 is 5.73 Å². The first-order chi connectivity index (χ1) is 10.3. The molecule has 6 nitrogen and oxygen atoms in total. The summed E-state index contributed by atoms with van der Waals surface area (Å²) in [4.78, 5) is 12.0. The molecule has 0 radical (unpaired) electrons. The minimum Gasteiger partial charge on any atom is -0.383 e. The molecule has 1 aliphatic heterocycles. The molecule has 0 saturated carbocycles. The minimum absolute atomic E-state index is 0. The van der Waals surface area contributed by atoms with Gasteiger partial charge in [-0.15, -0.1) is 24.8 Å². The van der Waals surface area contributed by atoms with Gasteiger partial charge in [0.15, 0.2) is 5.65 Å². The largest absolute Gasteiger partial charge is 0.414 e. The van der Waals surface area contributed by atoms with E-state index in [1.807, 2.05) is 13.8 Å². The number of nitrogen functional groups attached to an aromatic ring is 1. The first-order valence-corrected chi connectivity index (χ1v) is 6.60. The van der Waals surface area contributed by atoms with Gasteiger partial charge in [-0.05, 0) is 19.9 Å². The lowest BCUT2D eigenvalue weighted by Crippen LogP contribution is -2.12. The highest BCUT2D eigenvalue weighted by Gasteiger charge is 2.36. The van der Waals surface area contributed by atoms with Gasteiger partial charge in [0.2, 0.25) is 0 Å². The molecule has 0 amide bonds. The number of nitrogens with zero attached hydrogens (tertiary/aromatic N) is 5. The van der Waals surface area contributed by atoms with Crippen LogP contribution in [-0.2, 0) is 0 Å². The predicted octanol–water partition coefficient (Wildman–Crippen LogP) is 3.12. The fraction of sp³-hybridized carbons (Fsp3) is 0.385.